The molecule has 1 rings (SSSR count). The average molecular weight is 281 g/mol. The van der Waals surface area contributed by atoms with E-state index >= 15 is 0 Å². The fourth-order valence-corrected chi connectivity index (χ4v) is 1.94. The summed E-state index contributed by atoms with van der Waals surface area (Å²) in [6.45, 7) is 5.11. The molecule has 0 bridgehead atoms. The molecule has 2 amide bonds. The molecule has 0 fully saturated rings. The summed E-state index contributed by atoms with van der Waals surface area (Å²) in [4.78, 5) is 27.2. The Kier molecular flexibility index (Phi) is 5.69. The second kappa shape index (κ2) is 7.04. The molecule has 112 valence electrons. The van der Waals surface area contributed by atoms with Crippen molar-refractivity contribution in [3.63, 3.8) is 0 Å². The first-order chi connectivity index (χ1) is 9.40. The molecule has 0 saturated carbocycles. The van der Waals surface area contributed by atoms with Crippen LogP contribution < -0.4 is 5.73 Å². The number of nitrogens with zero attached hydrogens (tertiary/aromatic N) is 4. The summed E-state index contributed by atoms with van der Waals surface area (Å²) < 4.78 is 1.59. The zero-order chi connectivity index (χ0) is 15.3. The lowest BCUT2D eigenvalue weighted by Crippen LogP contribution is -2.43. The van der Waals surface area contributed by atoms with Gasteiger partial charge in [-0.1, -0.05) is 0 Å². The number of likely N-dealkylation sites (N-methyl/N-ethyl adjacent to an activating group) is 2. The fraction of sp³-hybridized carbons (Fsp3) is 0.615. The number of nitrogens with two attached hydrogens (primary N) is 1. The molecule has 0 aliphatic rings. The normalized spacial score (nSPS) is 12.1. The number of aryl methyl sites for hydroxylation is 1. The third-order valence-electron chi connectivity index (χ3n) is 3.21. The van der Waals surface area contributed by atoms with Crippen LogP contribution in [0.25, 0.3) is 0 Å². The van der Waals surface area contributed by atoms with Gasteiger partial charge in [0.15, 0.2) is 0 Å². The standard InChI is InChI=1S/C13H23N5O2/c1-5-18(6-2)11(19)9-16(3)13(20)12(14)10-7-15-17(4)8-10/h7-8,12H,5-6,9,14H2,1-4H3. The SMILES string of the molecule is CCN(CC)C(=O)CN(C)C(=O)C(N)c1cnn(C)c1. The van der Waals surface area contributed by atoms with Crippen LogP contribution in [0.5, 0.6) is 0 Å². The molecule has 1 aromatic heterocycles. The molecule has 7 nitrogen and oxygen atoms in total. The van der Waals surface area contributed by atoms with Crippen LogP contribution in [-0.2, 0) is 16.6 Å². The molecule has 1 aromatic rings. The highest BCUT2D eigenvalue weighted by Gasteiger charge is 2.23. The van der Waals surface area contributed by atoms with Gasteiger partial charge in [-0.05, 0) is 13.8 Å². The van der Waals surface area contributed by atoms with E-state index in [0.29, 0.717) is 18.7 Å². The van der Waals surface area contributed by atoms with Crippen molar-refractivity contribution in [3.05, 3.63) is 18.0 Å². The summed E-state index contributed by atoms with van der Waals surface area (Å²) in [7, 11) is 3.34. The molecule has 2 N–H and O–H groups in total. The van der Waals surface area contributed by atoms with Crippen LogP contribution >= 0.6 is 0 Å². The molecule has 1 heterocycles. The van der Waals surface area contributed by atoms with Crippen molar-refractivity contribution in [2.75, 3.05) is 26.7 Å². The zero-order valence-electron chi connectivity index (χ0n) is 12.5. The first-order valence-electron chi connectivity index (χ1n) is 6.67. The maximum absolute atomic E-state index is 12.2. The van der Waals surface area contributed by atoms with Crippen molar-refractivity contribution in [2.45, 2.75) is 19.9 Å². The Morgan fingerprint density at radius 3 is 2.45 bits per heavy atom. The highest BCUT2D eigenvalue weighted by Crippen LogP contribution is 2.11. The Bertz CT molecular complexity index is 467. The molecule has 0 radical (unpaired) electrons. The van der Waals surface area contributed by atoms with Gasteiger partial charge in [0.25, 0.3) is 0 Å². The Balaban J connectivity index is 2.65. The minimum absolute atomic E-state index is 0.0362. The molecule has 1 unspecified atom stereocenters. The third-order valence-corrected chi connectivity index (χ3v) is 3.21. The monoisotopic (exact) mass is 281 g/mol. The predicted octanol–water partition coefficient (Wildman–Crippen LogP) is -0.253. The maximum atomic E-state index is 12.2. The van der Waals surface area contributed by atoms with Crippen LogP contribution in [0.15, 0.2) is 12.4 Å². The van der Waals surface area contributed by atoms with Gasteiger partial charge in [-0.2, -0.15) is 5.10 Å². The number of aromatic nitrogens is 2. The molecular weight excluding hydrogens is 258 g/mol. The molecule has 0 aliphatic heterocycles. The van der Waals surface area contributed by atoms with Crippen LogP contribution in [0.3, 0.4) is 0 Å². The van der Waals surface area contributed by atoms with Crippen LogP contribution in [0, 0.1) is 0 Å². The van der Waals surface area contributed by atoms with Crippen molar-refractivity contribution >= 4 is 11.8 Å². The lowest BCUT2D eigenvalue weighted by molar-refractivity contribution is -0.140. The third kappa shape index (κ3) is 3.80. The van der Waals surface area contributed by atoms with Crippen LogP contribution in [0.1, 0.15) is 25.5 Å². The van der Waals surface area contributed by atoms with E-state index in [1.54, 1.807) is 36.1 Å². The zero-order valence-corrected chi connectivity index (χ0v) is 12.5. The number of hydrogen-bond acceptors (Lipinski definition) is 4. The van der Waals surface area contributed by atoms with E-state index in [-0.39, 0.29) is 18.4 Å². The molecule has 0 aliphatic carbocycles. The van der Waals surface area contributed by atoms with Gasteiger partial charge in [-0.25, -0.2) is 0 Å². The van der Waals surface area contributed by atoms with E-state index < -0.39 is 6.04 Å². The minimum Gasteiger partial charge on any atom is -0.342 e. The first kappa shape index (κ1) is 16.2. The summed E-state index contributed by atoms with van der Waals surface area (Å²) >= 11 is 0. The molecule has 0 saturated heterocycles. The number of carbonyl (C=O) groups is 2. The lowest BCUT2D eigenvalue weighted by atomic mass is 10.1. The maximum Gasteiger partial charge on any atom is 0.244 e. The van der Waals surface area contributed by atoms with E-state index in [0.717, 1.165) is 0 Å². The summed E-state index contributed by atoms with van der Waals surface area (Å²) in [6.07, 6.45) is 3.26. The number of amides is 2. The van der Waals surface area contributed by atoms with Crippen molar-refractivity contribution in [1.82, 2.24) is 19.6 Å². The van der Waals surface area contributed by atoms with Gasteiger partial charge in [0.05, 0.1) is 12.7 Å². The molecule has 0 aromatic carbocycles. The van der Waals surface area contributed by atoms with Gasteiger partial charge in [0.2, 0.25) is 11.8 Å². The number of hydrogen-bond donors (Lipinski definition) is 1. The first-order valence-corrected chi connectivity index (χ1v) is 6.67. The summed E-state index contributed by atoms with van der Waals surface area (Å²) in [5.74, 6) is -0.372. The topological polar surface area (TPSA) is 84.5 Å². The second-order valence-corrected chi connectivity index (χ2v) is 4.69. The van der Waals surface area contributed by atoms with Crippen molar-refractivity contribution in [2.24, 2.45) is 12.8 Å². The average Bonchev–Trinajstić information content (AvgIpc) is 2.85. The van der Waals surface area contributed by atoms with Crippen LogP contribution in [0.4, 0.5) is 0 Å². The van der Waals surface area contributed by atoms with E-state index in [2.05, 4.69) is 5.10 Å². The van der Waals surface area contributed by atoms with Crippen LogP contribution in [0.2, 0.25) is 0 Å². The van der Waals surface area contributed by atoms with Gasteiger partial charge < -0.3 is 15.5 Å². The Hall–Kier alpha value is -1.89. The highest BCUT2D eigenvalue weighted by molar-refractivity contribution is 5.87. The number of rotatable bonds is 6. The summed E-state index contributed by atoms with van der Waals surface area (Å²) in [5.41, 5.74) is 6.54. The molecule has 0 spiro atoms. The lowest BCUT2D eigenvalue weighted by Gasteiger charge is -2.24. The summed E-state index contributed by atoms with van der Waals surface area (Å²) in [6, 6.07) is -0.793. The highest BCUT2D eigenvalue weighted by atomic mass is 16.2. The molecule has 1 atom stereocenters. The van der Waals surface area contributed by atoms with Crippen LogP contribution in [-0.4, -0.2) is 58.1 Å². The predicted molar refractivity (Wildman–Crippen MR) is 75.7 cm³/mol. The van der Waals surface area contributed by atoms with Crippen molar-refractivity contribution in [1.29, 1.82) is 0 Å². The van der Waals surface area contributed by atoms with E-state index in [9.17, 15) is 9.59 Å². The quantitative estimate of drug-likeness (QED) is 0.779. The Morgan fingerprint density at radius 2 is 2.00 bits per heavy atom. The van der Waals surface area contributed by atoms with E-state index in [1.807, 2.05) is 13.8 Å². The summed E-state index contributed by atoms with van der Waals surface area (Å²) in [5, 5.41) is 3.99. The molecule has 20 heavy (non-hydrogen) atoms. The Morgan fingerprint density at radius 1 is 1.40 bits per heavy atom. The smallest absolute Gasteiger partial charge is 0.244 e. The van der Waals surface area contributed by atoms with E-state index in [1.165, 1.54) is 4.90 Å². The largest absolute Gasteiger partial charge is 0.342 e. The van der Waals surface area contributed by atoms with E-state index in [4.69, 9.17) is 5.73 Å². The van der Waals surface area contributed by atoms with Crippen molar-refractivity contribution < 1.29 is 9.59 Å². The number of carbonyl (C=O) groups excluding carboxylic acids is 2. The second-order valence-electron chi connectivity index (χ2n) is 4.69. The van der Waals surface area contributed by atoms with Gasteiger partial charge >= 0.3 is 0 Å². The Labute approximate surface area is 119 Å². The minimum atomic E-state index is -0.793. The molecule has 7 heteroatoms. The van der Waals surface area contributed by atoms with Gasteiger partial charge in [-0.15, -0.1) is 0 Å². The van der Waals surface area contributed by atoms with Gasteiger partial charge in [0.1, 0.15) is 6.04 Å². The molecular formula is C13H23N5O2. The van der Waals surface area contributed by atoms with Gasteiger partial charge in [-0.3, -0.25) is 14.3 Å². The fourth-order valence-electron chi connectivity index (χ4n) is 1.94. The van der Waals surface area contributed by atoms with Crippen molar-refractivity contribution in [3.8, 4) is 0 Å². The van der Waals surface area contributed by atoms with Gasteiger partial charge in [0, 0.05) is 38.9 Å².